The van der Waals surface area contributed by atoms with Gasteiger partial charge in [-0.25, -0.2) is 9.78 Å². The fourth-order valence-corrected chi connectivity index (χ4v) is 2.44. The Labute approximate surface area is 113 Å². The molecule has 0 aliphatic rings. The molecule has 2 aromatic heterocycles. The summed E-state index contributed by atoms with van der Waals surface area (Å²) in [5.74, 6) is -0.637. The summed E-state index contributed by atoms with van der Waals surface area (Å²) >= 11 is 7.37. The third kappa shape index (κ3) is 2.80. The van der Waals surface area contributed by atoms with Crippen molar-refractivity contribution in [3.63, 3.8) is 0 Å². The number of pyridine rings is 1. The van der Waals surface area contributed by atoms with E-state index in [2.05, 4.69) is 10.3 Å². The lowest BCUT2D eigenvalue weighted by Crippen LogP contribution is -2.09. The number of nitrogens with zero attached hydrogens (tertiary/aromatic N) is 1. The fourth-order valence-electron chi connectivity index (χ4n) is 1.50. The first-order valence-electron chi connectivity index (χ1n) is 5.26. The lowest BCUT2D eigenvalue weighted by atomic mass is 10.2. The maximum absolute atomic E-state index is 10.9. The highest BCUT2D eigenvalue weighted by atomic mass is 35.5. The van der Waals surface area contributed by atoms with Crippen LogP contribution in [0.4, 0.5) is 5.82 Å². The normalized spacial score (nSPS) is 12.1. The number of nitrogens with one attached hydrogen (secondary N) is 1. The highest BCUT2D eigenvalue weighted by molar-refractivity contribution is 7.07. The molecule has 0 bridgehead atoms. The van der Waals surface area contributed by atoms with Crippen LogP contribution < -0.4 is 5.32 Å². The molecule has 18 heavy (non-hydrogen) atoms. The van der Waals surface area contributed by atoms with Crippen LogP contribution in [-0.4, -0.2) is 16.1 Å². The van der Waals surface area contributed by atoms with Crippen LogP contribution in [0.1, 0.15) is 29.0 Å². The first-order valence-corrected chi connectivity index (χ1v) is 6.58. The largest absolute Gasteiger partial charge is 0.476 e. The van der Waals surface area contributed by atoms with E-state index in [1.807, 2.05) is 23.8 Å². The van der Waals surface area contributed by atoms with Crippen molar-refractivity contribution in [2.45, 2.75) is 13.0 Å². The lowest BCUT2D eigenvalue weighted by molar-refractivity contribution is 0.0691. The Morgan fingerprint density at radius 3 is 2.89 bits per heavy atom. The molecule has 1 atom stereocenters. The van der Waals surface area contributed by atoms with Gasteiger partial charge in [0.2, 0.25) is 0 Å². The van der Waals surface area contributed by atoms with Crippen molar-refractivity contribution in [2.24, 2.45) is 0 Å². The minimum absolute atomic E-state index is 0.0616. The molecule has 2 heterocycles. The number of halogens is 1. The van der Waals surface area contributed by atoms with Crippen LogP contribution in [0.5, 0.6) is 0 Å². The third-order valence-electron chi connectivity index (χ3n) is 2.46. The molecule has 0 saturated heterocycles. The standard InChI is InChI=1S/C12H11ClN2O2S/c1-7(8-4-5-18-6-8)14-10-3-2-9(13)11(15-10)12(16)17/h2-7H,1H3,(H,14,15)(H,16,17). The van der Waals surface area contributed by atoms with Crippen molar-refractivity contribution < 1.29 is 9.90 Å². The number of rotatable bonds is 4. The predicted octanol–water partition coefficient (Wildman–Crippen LogP) is 3.67. The Morgan fingerprint density at radius 1 is 1.50 bits per heavy atom. The summed E-state index contributed by atoms with van der Waals surface area (Å²) in [7, 11) is 0. The van der Waals surface area contributed by atoms with Crippen molar-refractivity contribution in [2.75, 3.05) is 5.32 Å². The Kier molecular flexibility index (Phi) is 3.84. The zero-order valence-electron chi connectivity index (χ0n) is 9.55. The van der Waals surface area contributed by atoms with Gasteiger partial charge in [-0.05, 0) is 41.4 Å². The number of anilines is 1. The highest BCUT2D eigenvalue weighted by Gasteiger charge is 2.13. The van der Waals surface area contributed by atoms with Crippen LogP contribution >= 0.6 is 22.9 Å². The molecule has 2 N–H and O–H groups in total. The molecule has 0 amide bonds. The Bertz CT molecular complexity index is 557. The zero-order chi connectivity index (χ0) is 13.1. The number of aromatic carboxylic acids is 1. The summed E-state index contributed by atoms with van der Waals surface area (Å²) in [6.45, 7) is 1.98. The number of thiophene rings is 1. The van der Waals surface area contributed by atoms with E-state index in [0.717, 1.165) is 5.56 Å². The van der Waals surface area contributed by atoms with Gasteiger partial charge in [0.25, 0.3) is 0 Å². The van der Waals surface area contributed by atoms with E-state index < -0.39 is 5.97 Å². The van der Waals surface area contributed by atoms with Crippen molar-refractivity contribution in [3.8, 4) is 0 Å². The smallest absolute Gasteiger partial charge is 0.356 e. The van der Waals surface area contributed by atoms with Crippen molar-refractivity contribution in [1.29, 1.82) is 0 Å². The van der Waals surface area contributed by atoms with E-state index in [9.17, 15) is 4.79 Å². The first kappa shape index (κ1) is 12.9. The van der Waals surface area contributed by atoms with Gasteiger partial charge in [0.15, 0.2) is 5.69 Å². The second kappa shape index (κ2) is 5.37. The number of carboxylic acids is 1. The van der Waals surface area contributed by atoms with Gasteiger partial charge in [-0.15, -0.1) is 0 Å². The molecule has 0 saturated carbocycles. The van der Waals surface area contributed by atoms with Crippen LogP contribution in [0.3, 0.4) is 0 Å². The summed E-state index contributed by atoms with van der Waals surface area (Å²) in [5.41, 5.74) is 0.993. The summed E-state index contributed by atoms with van der Waals surface area (Å²) in [6, 6.07) is 5.26. The molecule has 4 nitrogen and oxygen atoms in total. The van der Waals surface area contributed by atoms with E-state index in [1.165, 1.54) is 6.07 Å². The number of carbonyl (C=O) groups is 1. The average Bonchev–Trinajstić information content (AvgIpc) is 2.85. The van der Waals surface area contributed by atoms with Crippen LogP contribution in [-0.2, 0) is 0 Å². The van der Waals surface area contributed by atoms with E-state index in [4.69, 9.17) is 16.7 Å². The third-order valence-corrected chi connectivity index (χ3v) is 3.46. The summed E-state index contributed by atoms with van der Waals surface area (Å²) in [4.78, 5) is 14.9. The van der Waals surface area contributed by atoms with Gasteiger partial charge in [0, 0.05) is 0 Å². The van der Waals surface area contributed by atoms with Crippen LogP contribution in [0.2, 0.25) is 5.02 Å². The number of hydrogen-bond acceptors (Lipinski definition) is 4. The Morgan fingerprint density at radius 2 is 2.28 bits per heavy atom. The molecule has 0 aromatic carbocycles. The maximum Gasteiger partial charge on any atom is 0.356 e. The molecular weight excluding hydrogens is 272 g/mol. The first-order chi connectivity index (χ1) is 8.58. The quantitative estimate of drug-likeness (QED) is 0.898. The number of aromatic nitrogens is 1. The predicted molar refractivity (Wildman–Crippen MR) is 72.6 cm³/mol. The molecule has 2 rings (SSSR count). The minimum Gasteiger partial charge on any atom is -0.476 e. The summed E-state index contributed by atoms with van der Waals surface area (Å²) in [6.07, 6.45) is 0. The van der Waals surface area contributed by atoms with E-state index >= 15 is 0 Å². The monoisotopic (exact) mass is 282 g/mol. The van der Waals surface area contributed by atoms with Crippen molar-refractivity contribution >= 4 is 34.7 Å². The van der Waals surface area contributed by atoms with Gasteiger partial charge in [-0.2, -0.15) is 11.3 Å². The second-order valence-corrected chi connectivity index (χ2v) is 4.94. The molecular formula is C12H11ClN2O2S. The topological polar surface area (TPSA) is 62.2 Å². The molecule has 1 unspecified atom stereocenters. The van der Waals surface area contributed by atoms with E-state index in [0.29, 0.717) is 5.82 Å². The van der Waals surface area contributed by atoms with Gasteiger partial charge in [-0.3, -0.25) is 0 Å². The van der Waals surface area contributed by atoms with Gasteiger partial charge in [0.1, 0.15) is 5.82 Å². The maximum atomic E-state index is 10.9. The Balaban J connectivity index is 2.20. The van der Waals surface area contributed by atoms with Gasteiger partial charge in [-0.1, -0.05) is 11.6 Å². The molecule has 0 aliphatic carbocycles. The van der Waals surface area contributed by atoms with Gasteiger partial charge in [0.05, 0.1) is 11.1 Å². The molecule has 0 radical (unpaired) electrons. The van der Waals surface area contributed by atoms with Crippen LogP contribution in [0.15, 0.2) is 29.0 Å². The molecule has 0 spiro atoms. The van der Waals surface area contributed by atoms with Gasteiger partial charge < -0.3 is 10.4 Å². The average molecular weight is 283 g/mol. The van der Waals surface area contributed by atoms with E-state index in [1.54, 1.807) is 17.4 Å². The van der Waals surface area contributed by atoms with E-state index in [-0.39, 0.29) is 16.8 Å². The second-order valence-electron chi connectivity index (χ2n) is 3.75. The highest BCUT2D eigenvalue weighted by Crippen LogP contribution is 2.22. The molecule has 94 valence electrons. The van der Waals surface area contributed by atoms with Crippen molar-refractivity contribution in [3.05, 3.63) is 45.2 Å². The summed E-state index contributed by atoms with van der Waals surface area (Å²) < 4.78 is 0. The SMILES string of the molecule is CC(Nc1ccc(Cl)c(C(=O)O)n1)c1ccsc1. The molecule has 0 aliphatic heterocycles. The number of hydrogen-bond donors (Lipinski definition) is 2. The zero-order valence-corrected chi connectivity index (χ0v) is 11.1. The fraction of sp³-hybridized carbons (Fsp3) is 0.167. The number of carboxylic acid groups (broad SMARTS) is 1. The Hall–Kier alpha value is -1.59. The van der Waals surface area contributed by atoms with Gasteiger partial charge >= 0.3 is 5.97 Å². The molecule has 2 aromatic rings. The van der Waals surface area contributed by atoms with Crippen LogP contribution in [0, 0.1) is 0 Å². The summed E-state index contributed by atoms with van der Waals surface area (Å²) in [5, 5.41) is 16.2. The molecule has 0 fully saturated rings. The van der Waals surface area contributed by atoms with Crippen LogP contribution in [0.25, 0.3) is 0 Å². The minimum atomic E-state index is -1.13. The lowest BCUT2D eigenvalue weighted by Gasteiger charge is -2.13. The van der Waals surface area contributed by atoms with Crippen molar-refractivity contribution in [1.82, 2.24) is 4.98 Å². The molecule has 6 heteroatoms.